The van der Waals surface area contributed by atoms with Gasteiger partial charge in [0.25, 0.3) is 0 Å². The number of hydrogen-bond donors (Lipinski definition) is 1. The first-order valence-electron chi connectivity index (χ1n) is 8.43. The molecule has 0 spiro atoms. The summed E-state index contributed by atoms with van der Waals surface area (Å²) in [7, 11) is 0. The molecule has 2 heterocycles. The maximum Gasteiger partial charge on any atom is 0.387 e. The highest BCUT2D eigenvalue weighted by Crippen LogP contribution is 2.29. The Morgan fingerprint density at radius 1 is 1.07 bits per heavy atom. The monoisotopic (exact) mass is 494 g/mol. The normalized spacial score (nSPS) is 11.2. The quantitative estimate of drug-likeness (QED) is 0.307. The molecule has 2 N–H and O–H groups in total. The van der Waals surface area contributed by atoms with Gasteiger partial charge < -0.3 is 10.6 Å². The molecular weight excluding hydrogens is 482 g/mol. The minimum atomic E-state index is -2.88. The van der Waals surface area contributed by atoms with Crippen molar-refractivity contribution in [2.75, 3.05) is 5.84 Å². The fraction of sp³-hybridized carbons (Fsp3) is 0.118. The SMILES string of the molecule is Nn1c(SCc2nnnn2-c2ccc(OC(F)F)cc2)nnc1-c1ccccc1Br. The fourth-order valence-corrected chi connectivity index (χ4v) is 3.82. The van der Waals surface area contributed by atoms with Gasteiger partial charge in [0.05, 0.1) is 11.4 Å². The van der Waals surface area contributed by atoms with Crippen LogP contribution in [0, 0.1) is 0 Å². The van der Waals surface area contributed by atoms with E-state index in [0.29, 0.717) is 28.2 Å². The largest absolute Gasteiger partial charge is 0.435 e. The van der Waals surface area contributed by atoms with E-state index in [9.17, 15) is 8.78 Å². The average Bonchev–Trinajstić information content (AvgIpc) is 3.34. The third-order valence-electron chi connectivity index (χ3n) is 3.95. The van der Waals surface area contributed by atoms with Crippen LogP contribution in [0.25, 0.3) is 17.1 Å². The van der Waals surface area contributed by atoms with E-state index in [1.165, 1.54) is 33.3 Å². The molecule has 0 amide bonds. The molecule has 0 atom stereocenters. The van der Waals surface area contributed by atoms with Gasteiger partial charge in [0.1, 0.15) is 5.75 Å². The second kappa shape index (κ2) is 8.75. The van der Waals surface area contributed by atoms with Crippen molar-refractivity contribution >= 4 is 27.7 Å². The third-order valence-corrected chi connectivity index (χ3v) is 5.58. The molecule has 0 fully saturated rings. The first kappa shape index (κ1) is 20.2. The van der Waals surface area contributed by atoms with Gasteiger partial charge in [-0.15, -0.1) is 15.3 Å². The van der Waals surface area contributed by atoms with Gasteiger partial charge in [-0.1, -0.05) is 39.8 Å². The van der Waals surface area contributed by atoms with Crippen LogP contribution in [0.15, 0.2) is 58.2 Å². The highest BCUT2D eigenvalue weighted by molar-refractivity contribution is 9.10. The van der Waals surface area contributed by atoms with Crippen LogP contribution < -0.4 is 10.6 Å². The number of nitrogens with two attached hydrogens (primary N) is 1. The lowest BCUT2D eigenvalue weighted by atomic mass is 10.2. The lowest BCUT2D eigenvalue weighted by Crippen LogP contribution is -2.12. The van der Waals surface area contributed by atoms with Gasteiger partial charge in [0.2, 0.25) is 5.16 Å². The van der Waals surface area contributed by atoms with E-state index in [0.717, 1.165) is 10.0 Å². The van der Waals surface area contributed by atoms with Crippen molar-refractivity contribution in [1.82, 2.24) is 35.1 Å². The van der Waals surface area contributed by atoms with Crippen LogP contribution >= 0.6 is 27.7 Å². The fourth-order valence-electron chi connectivity index (χ4n) is 2.60. The van der Waals surface area contributed by atoms with E-state index in [2.05, 4.69) is 46.4 Å². The predicted octanol–water partition coefficient (Wildman–Crippen LogP) is 3.29. The van der Waals surface area contributed by atoms with Crippen LogP contribution in [-0.2, 0) is 5.75 Å². The average molecular weight is 495 g/mol. The zero-order valence-corrected chi connectivity index (χ0v) is 17.5. The number of nitrogen functional groups attached to an aromatic ring is 1. The molecule has 2 aromatic carbocycles. The Morgan fingerprint density at radius 3 is 2.57 bits per heavy atom. The lowest BCUT2D eigenvalue weighted by molar-refractivity contribution is -0.0498. The van der Waals surface area contributed by atoms with Crippen LogP contribution in [-0.4, -0.2) is 41.7 Å². The van der Waals surface area contributed by atoms with Gasteiger partial charge in [-0.2, -0.15) is 13.5 Å². The molecular formula is C17H13BrF2N8OS. The van der Waals surface area contributed by atoms with E-state index in [1.54, 1.807) is 12.1 Å². The number of hydrogen-bond acceptors (Lipinski definition) is 8. The van der Waals surface area contributed by atoms with Gasteiger partial charge in [-0.25, -0.2) is 4.68 Å². The van der Waals surface area contributed by atoms with Gasteiger partial charge in [0.15, 0.2) is 11.6 Å². The van der Waals surface area contributed by atoms with E-state index >= 15 is 0 Å². The maximum absolute atomic E-state index is 12.3. The Bertz CT molecular complexity index is 1150. The second-order valence-electron chi connectivity index (χ2n) is 5.82. The summed E-state index contributed by atoms with van der Waals surface area (Å²) >= 11 is 4.78. The summed E-state index contributed by atoms with van der Waals surface area (Å²) in [6.45, 7) is -2.88. The molecule has 4 aromatic rings. The zero-order chi connectivity index (χ0) is 21.1. The Hall–Kier alpha value is -3.06. The molecule has 154 valence electrons. The van der Waals surface area contributed by atoms with Crippen LogP contribution in [0.5, 0.6) is 5.75 Å². The van der Waals surface area contributed by atoms with Crippen molar-refractivity contribution in [3.63, 3.8) is 0 Å². The Balaban J connectivity index is 1.50. The molecule has 0 aliphatic carbocycles. The van der Waals surface area contributed by atoms with Crippen molar-refractivity contribution in [1.29, 1.82) is 0 Å². The standard InChI is InChI=1S/C17H13BrF2N8OS/c18-13-4-2-1-3-12(13)15-23-24-17(27(15)21)30-9-14-22-25-26-28(14)10-5-7-11(8-6-10)29-16(19)20/h1-8,16H,9,21H2. The third kappa shape index (κ3) is 4.26. The Morgan fingerprint density at radius 2 is 1.83 bits per heavy atom. The smallest absolute Gasteiger partial charge is 0.387 e. The molecule has 4 rings (SSSR count). The molecule has 0 saturated carbocycles. The summed E-state index contributed by atoms with van der Waals surface area (Å²) in [4.78, 5) is 0. The minimum absolute atomic E-state index is 0.0496. The lowest BCUT2D eigenvalue weighted by Gasteiger charge is -2.07. The second-order valence-corrected chi connectivity index (χ2v) is 7.62. The number of ether oxygens (including phenoxy) is 1. The number of aromatic nitrogens is 7. The molecule has 0 radical (unpaired) electrons. The Kier molecular flexibility index (Phi) is 5.90. The summed E-state index contributed by atoms with van der Waals surface area (Å²) in [5, 5.41) is 20.4. The molecule has 0 aliphatic heterocycles. The number of benzene rings is 2. The van der Waals surface area contributed by atoms with Gasteiger partial charge >= 0.3 is 6.61 Å². The summed E-state index contributed by atoms with van der Waals surface area (Å²) in [6, 6.07) is 13.6. The van der Waals surface area contributed by atoms with Crippen LogP contribution in [0.3, 0.4) is 0 Å². The maximum atomic E-state index is 12.3. The van der Waals surface area contributed by atoms with Gasteiger partial charge in [-0.05, 0) is 46.8 Å². The van der Waals surface area contributed by atoms with Crippen LogP contribution in [0.2, 0.25) is 0 Å². The highest BCUT2D eigenvalue weighted by Gasteiger charge is 2.16. The predicted molar refractivity (Wildman–Crippen MR) is 109 cm³/mol. The number of nitrogens with zero attached hydrogens (tertiary/aromatic N) is 7. The molecule has 0 aliphatic rings. The zero-order valence-electron chi connectivity index (χ0n) is 15.1. The Labute approximate surface area is 181 Å². The molecule has 13 heteroatoms. The molecule has 30 heavy (non-hydrogen) atoms. The summed E-state index contributed by atoms with van der Waals surface area (Å²) in [5.41, 5.74) is 1.41. The number of tetrazole rings is 1. The van der Waals surface area contributed by atoms with Crippen molar-refractivity contribution in [2.45, 2.75) is 17.5 Å². The number of alkyl halides is 2. The highest BCUT2D eigenvalue weighted by atomic mass is 79.9. The summed E-state index contributed by atoms with van der Waals surface area (Å²) < 4.78 is 32.7. The van der Waals surface area contributed by atoms with Crippen molar-refractivity contribution in [3.05, 3.63) is 58.8 Å². The van der Waals surface area contributed by atoms with E-state index < -0.39 is 6.61 Å². The van der Waals surface area contributed by atoms with Gasteiger partial charge in [-0.3, -0.25) is 0 Å². The van der Waals surface area contributed by atoms with Crippen molar-refractivity contribution < 1.29 is 13.5 Å². The topological polar surface area (TPSA) is 110 Å². The number of thioether (sulfide) groups is 1. The van der Waals surface area contributed by atoms with Gasteiger partial charge in [0, 0.05) is 10.0 Å². The van der Waals surface area contributed by atoms with Crippen LogP contribution in [0.4, 0.5) is 8.78 Å². The summed E-state index contributed by atoms with van der Waals surface area (Å²) in [6.07, 6.45) is 0. The number of rotatable bonds is 7. The van der Waals surface area contributed by atoms with Crippen molar-refractivity contribution in [2.24, 2.45) is 0 Å². The minimum Gasteiger partial charge on any atom is -0.435 e. The molecule has 0 bridgehead atoms. The van der Waals surface area contributed by atoms with E-state index in [-0.39, 0.29) is 5.75 Å². The van der Waals surface area contributed by atoms with Crippen LogP contribution in [0.1, 0.15) is 5.82 Å². The molecule has 9 nitrogen and oxygen atoms in total. The van der Waals surface area contributed by atoms with Crippen molar-refractivity contribution in [3.8, 4) is 22.8 Å². The first-order chi connectivity index (χ1) is 14.5. The molecule has 2 aromatic heterocycles. The van der Waals surface area contributed by atoms with E-state index in [4.69, 9.17) is 5.84 Å². The number of halogens is 3. The molecule has 0 saturated heterocycles. The first-order valence-corrected chi connectivity index (χ1v) is 10.2. The summed E-state index contributed by atoms with van der Waals surface area (Å²) in [5.74, 6) is 7.60. The van der Waals surface area contributed by atoms with E-state index in [1.807, 2.05) is 24.3 Å². The molecule has 0 unspecified atom stereocenters.